The minimum Gasteiger partial charge on any atom is -0.314 e. The Morgan fingerprint density at radius 3 is 2.69 bits per heavy atom. The molecule has 0 saturated heterocycles. The average Bonchev–Trinajstić information content (AvgIpc) is 2.98. The summed E-state index contributed by atoms with van der Waals surface area (Å²) in [7, 11) is 0. The van der Waals surface area contributed by atoms with Gasteiger partial charge in [-0.25, -0.2) is 0 Å². The van der Waals surface area contributed by atoms with Crippen molar-refractivity contribution >= 4 is 0 Å². The maximum Gasteiger partial charge on any atom is 0.00925 e. The van der Waals surface area contributed by atoms with Crippen molar-refractivity contribution in [3.63, 3.8) is 0 Å². The highest BCUT2D eigenvalue weighted by Gasteiger charge is 2.42. The van der Waals surface area contributed by atoms with Crippen LogP contribution in [0.2, 0.25) is 0 Å². The zero-order valence-electron chi connectivity index (χ0n) is 11.4. The maximum atomic E-state index is 3.75. The van der Waals surface area contributed by atoms with Crippen LogP contribution in [0.5, 0.6) is 0 Å². The van der Waals surface area contributed by atoms with Crippen LogP contribution in [0.4, 0.5) is 0 Å². The van der Waals surface area contributed by atoms with E-state index in [9.17, 15) is 0 Å². The van der Waals surface area contributed by atoms with Crippen LogP contribution >= 0.6 is 0 Å². The molecule has 0 spiro atoms. The summed E-state index contributed by atoms with van der Waals surface area (Å²) in [6, 6.07) is 0.730. The number of hydrogen-bond donors (Lipinski definition) is 1. The molecule has 3 atom stereocenters. The lowest BCUT2D eigenvalue weighted by Crippen LogP contribution is -2.35. The van der Waals surface area contributed by atoms with Crippen LogP contribution in [-0.4, -0.2) is 12.6 Å². The molecule has 2 aliphatic rings. The number of hydrogen-bond acceptors (Lipinski definition) is 1. The van der Waals surface area contributed by atoms with E-state index in [4.69, 9.17) is 0 Å². The third kappa shape index (κ3) is 3.23. The predicted molar refractivity (Wildman–Crippen MR) is 70.5 cm³/mol. The molecule has 2 aliphatic carbocycles. The first-order chi connectivity index (χ1) is 7.60. The lowest BCUT2D eigenvalue weighted by molar-refractivity contribution is 0.260. The number of nitrogens with one attached hydrogen (secondary N) is 1. The molecule has 0 amide bonds. The Hall–Kier alpha value is -0.0400. The molecule has 1 N–H and O–H groups in total. The van der Waals surface area contributed by atoms with Crippen molar-refractivity contribution < 1.29 is 0 Å². The zero-order valence-corrected chi connectivity index (χ0v) is 11.4. The van der Waals surface area contributed by atoms with E-state index in [0.717, 1.165) is 17.9 Å². The average molecular weight is 223 g/mol. The fourth-order valence-electron chi connectivity index (χ4n) is 3.20. The van der Waals surface area contributed by atoms with Gasteiger partial charge in [0.1, 0.15) is 0 Å². The highest BCUT2D eigenvalue weighted by atomic mass is 14.9. The van der Waals surface area contributed by atoms with E-state index >= 15 is 0 Å². The molecule has 16 heavy (non-hydrogen) atoms. The van der Waals surface area contributed by atoms with E-state index in [1.807, 2.05) is 0 Å². The summed E-state index contributed by atoms with van der Waals surface area (Å²) in [5.74, 6) is 1.99. The summed E-state index contributed by atoms with van der Waals surface area (Å²) in [5, 5.41) is 3.75. The summed E-state index contributed by atoms with van der Waals surface area (Å²) in [5.41, 5.74) is 0.639. The molecule has 2 fully saturated rings. The Labute approximate surface area is 101 Å². The molecule has 94 valence electrons. The molecule has 0 radical (unpaired) electrons. The molecule has 0 aliphatic heterocycles. The second-order valence-corrected chi connectivity index (χ2v) is 6.76. The fraction of sp³-hybridized carbons (Fsp3) is 1.00. The lowest BCUT2D eigenvalue weighted by atomic mass is 9.81. The minimum atomic E-state index is 0.639. The van der Waals surface area contributed by atoms with E-state index in [1.165, 1.54) is 51.5 Å². The molecule has 2 rings (SSSR count). The van der Waals surface area contributed by atoms with Crippen molar-refractivity contribution in [2.24, 2.45) is 17.3 Å². The summed E-state index contributed by atoms with van der Waals surface area (Å²) < 4.78 is 0. The lowest BCUT2D eigenvalue weighted by Gasteiger charge is -2.28. The van der Waals surface area contributed by atoms with E-state index in [0.29, 0.717) is 5.41 Å². The summed E-state index contributed by atoms with van der Waals surface area (Å²) in [6.45, 7) is 8.46. The minimum absolute atomic E-state index is 0.639. The molecule has 1 nitrogen and oxygen atoms in total. The monoisotopic (exact) mass is 223 g/mol. The van der Waals surface area contributed by atoms with Gasteiger partial charge in [0.2, 0.25) is 0 Å². The quantitative estimate of drug-likeness (QED) is 0.743. The van der Waals surface area contributed by atoms with Gasteiger partial charge < -0.3 is 5.32 Å². The predicted octanol–water partition coefficient (Wildman–Crippen LogP) is 3.98. The van der Waals surface area contributed by atoms with Crippen molar-refractivity contribution in [3.8, 4) is 0 Å². The second-order valence-electron chi connectivity index (χ2n) is 6.76. The first-order valence-corrected chi connectivity index (χ1v) is 7.33. The van der Waals surface area contributed by atoms with Crippen LogP contribution in [0.15, 0.2) is 0 Å². The van der Waals surface area contributed by atoms with Crippen LogP contribution in [0.25, 0.3) is 0 Å². The molecule has 1 heteroatoms. The first kappa shape index (κ1) is 12.4. The molecule has 0 heterocycles. The Balaban J connectivity index is 1.60. The molecule has 0 aromatic rings. The van der Waals surface area contributed by atoms with E-state index < -0.39 is 0 Å². The van der Waals surface area contributed by atoms with E-state index in [2.05, 4.69) is 26.1 Å². The highest BCUT2D eigenvalue weighted by molar-refractivity contribution is 4.96. The molecule has 0 aromatic carbocycles. The highest BCUT2D eigenvalue weighted by Crippen LogP contribution is 2.47. The van der Waals surface area contributed by atoms with E-state index in [-0.39, 0.29) is 0 Å². The van der Waals surface area contributed by atoms with E-state index in [1.54, 1.807) is 0 Å². The Bertz CT molecular complexity index is 219. The molecule has 0 aromatic heterocycles. The molecular formula is C15H29N. The van der Waals surface area contributed by atoms with Gasteiger partial charge in [-0.1, -0.05) is 33.1 Å². The topological polar surface area (TPSA) is 12.0 Å². The SMILES string of the molecule is CC1CCCC(CCNC(C)C2(C)CC2)C1. The van der Waals surface area contributed by atoms with Crippen LogP contribution < -0.4 is 5.32 Å². The molecular weight excluding hydrogens is 194 g/mol. The normalized spacial score (nSPS) is 34.7. The third-order valence-electron chi connectivity index (χ3n) is 5.13. The van der Waals surface area contributed by atoms with Crippen molar-refractivity contribution in [3.05, 3.63) is 0 Å². The smallest absolute Gasteiger partial charge is 0.00925 e. The Morgan fingerprint density at radius 2 is 2.06 bits per heavy atom. The van der Waals surface area contributed by atoms with Crippen molar-refractivity contribution in [1.29, 1.82) is 0 Å². The van der Waals surface area contributed by atoms with Gasteiger partial charge in [-0.3, -0.25) is 0 Å². The standard InChI is InChI=1S/C15H29N/c1-12-5-4-6-14(11-12)7-10-16-13(2)15(3)8-9-15/h12-14,16H,4-11H2,1-3H3. The van der Waals surface area contributed by atoms with Gasteiger partial charge in [-0.15, -0.1) is 0 Å². The Kier molecular flexibility index (Phi) is 3.94. The van der Waals surface area contributed by atoms with Crippen LogP contribution in [0, 0.1) is 17.3 Å². The van der Waals surface area contributed by atoms with Crippen molar-refractivity contribution in [2.75, 3.05) is 6.54 Å². The Morgan fingerprint density at radius 1 is 1.31 bits per heavy atom. The third-order valence-corrected chi connectivity index (χ3v) is 5.13. The van der Waals surface area contributed by atoms with Gasteiger partial charge in [0, 0.05) is 6.04 Å². The van der Waals surface area contributed by atoms with Crippen molar-refractivity contribution in [2.45, 2.75) is 71.8 Å². The number of rotatable bonds is 5. The van der Waals surface area contributed by atoms with Crippen molar-refractivity contribution in [1.82, 2.24) is 5.32 Å². The van der Waals surface area contributed by atoms with Gasteiger partial charge >= 0.3 is 0 Å². The van der Waals surface area contributed by atoms with Gasteiger partial charge in [0.15, 0.2) is 0 Å². The summed E-state index contributed by atoms with van der Waals surface area (Å²) in [6.07, 6.45) is 10.2. The van der Waals surface area contributed by atoms with Gasteiger partial charge in [-0.05, 0) is 56.4 Å². The van der Waals surface area contributed by atoms with Crippen LogP contribution in [-0.2, 0) is 0 Å². The zero-order chi connectivity index (χ0) is 11.6. The maximum absolute atomic E-state index is 3.75. The van der Waals surface area contributed by atoms with Crippen LogP contribution in [0.3, 0.4) is 0 Å². The van der Waals surface area contributed by atoms with Gasteiger partial charge in [-0.2, -0.15) is 0 Å². The summed E-state index contributed by atoms with van der Waals surface area (Å²) >= 11 is 0. The molecule has 3 unspecified atom stereocenters. The molecule has 2 saturated carbocycles. The largest absolute Gasteiger partial charge is 0.314 e. The van der Waals surface area contributed by atoms with Gasteiger partial charge in [0.25, 0.3) is 0 Å². The molecule has 0 bridgehead atoms. The second kappa shape index (κ2) is 5.08. The van der Waals surface area contributed by atoms with Gasteiger partial charge in [0.05, 0.1) is 0 Å². The fourth-order valence-corrected chi connectivity index (χ4v) is 3.20. The summed E-state index contributed by atoms with van der Waals surface area (Å²) in [4.78, 5) is 0. The first-order valence-electron chi connectivity index (χ1n) is 7.33. The van der Waals surface area contributed by atoms with Crippen LogP contribution in [0.1, 0.15) is 65.7 Å².